The molecule has 1 aromatic heterocycles. The zero-order chi connectivity index (χ0) is 21.8. The van der Waals surface area contributed by atoms with Crippen molar-refractivity contribution in [2.45, 2.75) is 51.1 Å². The van der Waals surface area contributed by atoms with Crippen LogP contribution in [0.15, 0.2) is 53.6 Å². The minimum Gasteiger partial charge on any atom is -0.369 e. The summed E-state index contributed by atoms with van der Waals surface area (Å²) >= 11 is 0. The summed E-state index contributed by atoms with van der Waals surface area (Å²) in [6.45, 7) is 0.202. The van der Waals surface area contributed by atoms with Crippen molar-refractivity contribution in [2.24, 2.45) is 0 Å². The maximum absolute atomic E-state index is 14.7. The van der Waals surface area contributed by atoms with Gasteiger partial charge < -0.3 is 10.2 Å². The molecule has 3 aromatic rings. The molecule has 0 aliphatic heterocycles. The summed E-state index contributed by atoms with van der Waals surface area (Å²) in [4.78, 5) is 31.1. The minimum absolute atomic E-state index is 0.0886. The number of fused-ring (bicyclic) bond motifs is 1. The molecule has 1 aliphatic rings. The monoisotopic (exact) mass is 422 g/mol. The molecule has 1 N–H and O–H groups in total. The van der Waals surface area contributed by atoms with E-state index in [0.717, 1.165) is 12.8 Å². The number of rotatable bonds is 6. The lowest BCUT2D eigenvalue weighted by molar-refractivity contribution is -0.116. The summed E-state index contributed by atoms with van der Waals surface area (Å²) in [5.74, 6) is -0.631. The molecule has 1 fully saturated rings. The molecule has 6 nitrogen and oxygen atoms in total. The Morgan fingerprint density at radius 3 is 2.74 bits per heavy atom. The number of amides is 1. The largest absolute Gasteiger partial charge is 0.369 e. The average Bonchev–Trinajstić information content (AvgIpc) is 2.79. The van der Waals surface area contributed by atoms with E-state index in [-0.39, 0.29) is 30.2 Å². The van der Waals surface area contributed by atoms with Gasteiger partial charge in [-0.15, -0.1) is 0 Å². The first kappa shape index (κ1) is 21.0. The normalized spacial score (nSPS) is 14.5. The van der Waals surface area contributed by atoms with Gasteiger partial charge in [-0.3, -0.25) is 14.2 Å². The van der Waals surface area contributed by atoms with Crippen LogP contribution in [0.2, 0.25) is 0 Å². The van der Waals surface area contributed by atoms with E-state index >= 15 is 0 Å². The van der Waals surface area contributed by atoms with Crippen LogP contribution in [0.25, 0.3) is 10.9 Å². The Labute approximate surface area is 180 Å². The van der Waals surface area contributed by atoms with Crippen LogP contribution in [0.3, 0.4) is 0 Å². The highest BCUT2D eigenvalue weighted by atomic mass is 19.1. The van der Waals surface area contributed by atoms with E-state index in [1.165, 1.54) is 36.2 Å². The van der Waals surface area contributed by atoms with Gasteiger partial charge in [0, 0.05) is 31.7 Å². The van der Waals surface area contributed by atoms with Crippen molar-refractivity contribution in [3.05, 3.63) is 65.0 Å². The number of aryl methyl sites for hydroxylation is 1. The maximum atomic E-state index is 14.7. The molecule has 1 heterocycles. The van der Waals surface area contributed by atoms with Crippen molar-refractivity contribution in [1.82, 2.24) is 9.55 Å². The molecular weight excluding hydrogens is 395 g/mol. The van der Waals surface area contributed by atoms with Crippen LogP contribution in [-0.2, 0) is 11.3 Å². The molecule has 0 unspecified atom stereocenters. The number of hydrogen-bond donors (Lipinski definition) is 1. The first-order chi connectivity index (χ1) is 15.0. The highest BCUT2D eigenvalue weighted by Crippen LogP contribution is 2.29. The quantitative estimate of drug-likeness (QED) is 0.642. The Morgan fingerprint density at radius 2 is 1.97 bits per heavy atom. The second-order valence-electron chi connectivity index (χ2n) is 8.13. The lowest BCUT2D eigenvalue weighted by Gasteiger charge is -2.33. The Hall–Kier alpha value is -3.22. The number of carbonyl (C=O) groups excluding carboxylic acids is 1. The Morgan fingerprint density at radius 1 is 1.19 bits per heavy atom. The summed E-state index contributed by atoms with van der Waals surface area (Å²) < 4.78 is 16.1. The molecule has 1 aliphatic carbocycles. The van der Waals surface area contributed by atoms with Gasteiger partial charge in [-0.25, -0.2) is 9.37 Å². The van der Waals surface area contributed by atoms with Gasteiger partial charge in [-0.05, 0) is 43.2 Å². The predicted octanol–water partition coefficient (Wildman–Crippen LogP) is 4.33. The third-order valence-corrected chi connectivity index (χ3v) is 6.05. The second kappa shape index (κ2) is 9.29. The fraction of sp³-hybridized carbons (Fsp3) is 0.375. The van der Waals surface area contributed by atoms with Gasteiger partial charge in [0.05, 0.1) is 22.9 Å². The van der Waals surface area contributed by atoms with Crippen molar-refractivity contribution in [1.29, 1.82) is 0 Å². The van der Waals surface area contributed by atoms with E-state index in [1.807, 2.05) is 18.0 Å². The Balaban J connectivity index is 1.38. The molecule has 0 saturated heterocycles. The maximum Gasteiger partial charge on any atom is 0.261 e. The third-order valence-electron chi connectivity index (χ3n) is 6.05. The predicted molar refractivity (Wildman–Crippen MR) is 121 cm³/mol. The number of nitrogens with one attached hydrogen (secondary N) is 1. The molecule has 0 bridgehead atoms. The zero-order valence-corrected chi connectivity index (χ0v) is 17.7. The molecule has 0 radical (unpaired) electrons. The third kappa shape index (κ3) is 4.76. The van der Waals surface area contributed by atoms with Crippen LogP contribution in [0.4, 0.5) is 15.8 Å². The SMILES string of the molecule is CN(c1ccc(NC(=O)CCn2cnc3ccccc3c2=O)cc1F)C1CCCCC1. The molecule has 1 saturated carbocycles. The lowest BCUT2D eigenvalue weighted by atomic mass is 9.94. The van der Waals surface area contributed by atoms with Gasteiger partial charge in [-0.2, -0.15) is 0 Å². The van der Waals surface area contributed by atoms with Gasteiger partial charge in [0.15, 0.2) is 0 Å². The molecule has 0 atom stereocenters. The molecule has 4 rings (SSSR count). The van der Waals surface area contributed by atoms with Gasteiger partial charge in [0.1, 0.15) is 5.82 Å². The first-order valence-electron chi connectivity index (χ1n) is 10.8. The molecule has 1 amide bonds. The smallest absolute Gasteiger partial charge is 0.261 e. The van der Waals surface area contributed by atoms with E-state index in [2.05, 4.69) is 10.3 Å². The summed E-state index contributed by atoms with van der Waals surface area (Å²) in [6.07, 6.45) is 7.31. The topological polar surface area (TPSA) is 67.2 Å². The number of carbonyl (C=O) groups is 1. The summed E-state index contributed by atoms with van der Waals surface area (Å²) in [5, 5.41) is 3.24. The summed E-state index contributed by atoms with van der Waals surface area (Å²) in [6, 6.07) is 12.3. The average molecular weight is 423 g/mol. The number of benzene rings is 2. The number of anilines is 2. The molecular formula is C24H27FN4O2. The summed E-state index contributed by atoms with van der Waals surface area (Å²) in [7, 11) is 1.93. The lowest BCUT2D eigenvalue weighted by Crippen LogP contribution is -2.33. The number of hydrogen-bond acceptors (Lipinski definition) is 4. The van der Waals surface area contributed by atoms with Gasteiger partial charge in [0.25, 0.3) is 5.56 Å². The minimum atomic E-state index is -0.346. The van der Waals surface area contributed by atoms with Gasteiger partial charge >= 0.3 is 0 Å². The molecule has 31 heavy (non-hydrogen) atoms. The van der Waals surface area contributed by atoms with Crippen molar-refractivity contribution < 1.29 is 9.18 Å². The van der Waals surface area contributed by atoms with E-state index in [0.29, 0.717) is 28.3 Å². The molecule has 0 spiro atoms. The molecule has 7 heteroatoms. The van der Waals surface area contributed by atoms with E-state index < -0.39 is 0 Å². The van der Waals surface area contributed by atoms with Gasteiger partial charge in [0.2, 0.25) is 5.91 Å². The van der Waals surface area contributed by atoms with E-state index in [1.54, 1.807) is 30.3 Å². The highest BCUT2D eigenvalue weighted by Gasteiger charge is 2.20. The van der Waals surface area contributed by atoms with Crippen LogP contribution in [0.5, 0.6) is 0 Å². The van der Waals surface area contributed by atoms with Crippen molar-refractivity contribution >= 4 is 28.2 Å². The van der Waals surface area contributed by atoms with Crippen LogP contribution in [0.1, 0.15) is 38.5 Å². The first-order valence-corrected chi connectivity index (χ1v) is 10.8. The number of halogens is 1. The Kier molecular flexibility index (Phi) is 6.30. The van der Waals surface area contributed by atoms with Crippen LogP contribution >= 0.6 is 0 Å². The van der Waals surface area contributed by atoms with Crippen LogP contribution < -0.4 is 15.8 Å². The van der Waals surface area contributed by atoms with Crippen molar-refractivity contribution in [3.63, 3.8) is 0 Å². The second-order valence-corrected chi connectivity index (χ2v) is 8.13. The molecule has 162 valence electrons. The fourth-order valence-corrected chi connectivity index (χ4v) is 4.25. The Bertz CT molecular complexity index is 1140. The number of aromatic nitrogens is 2. The van der Waals surface area contributed by atoms with Crippen LogP contribution in [-0.4, -0.2) is 28.5 Å². The standard InChI is InChI=1S/C24H27FN4O2/c1-28(18-7-3-2-4-8-18)22-12-11-17(15-20(22)25)27-23(30)13-14-29-16-26-21-10-6-5-9-19(21)24(29)31/h5-6,9-12,15-16,18H,2-4,7-8,13-14H2,1H3,(H,27,30). The zero-order valence-electron chi connectivity index (χ0n) is 17.7. The van der Waals surface area contributed by atoms with Crippen molar-refractivity contribution in [2.75, 3.05) is 17.3 Å². The summed E-state index contributed by atoms with van der Waals surface area (Å²) in [5.41, 5.74) is 1.41. The van der Waals surface area contributed by atoms with Gasteiger partial charge in [-0.1, -0.05) is 31.4 Å². The van der Waals surface area contributed by atoms with Crippen LogP contribution in [0, 0.1) is 5.82 Å². The highest BCUT2D eigenvalue weighted by molar-refractivity contribution is 5.90. The van der Waals surface area contributed by atoms with E-state index in [4.69, 9.17) is 0 Å². The van der Waals surface area contributed by atoms with E-state index in [9.17, 15) is 14.0 Å². The molecule has 2 aromatic carbocycles. The number of para-hydroxylation sites is 1. The van der Waals surface area contributed by atoms with Crippen molar-refractivity contribution in [3.8, 4) is 0 Å². The fourth-order valence-electron chi connectivity index (χ4n) is 4.25. The number of nitrogens with zero attached hydrogens (tertiary/aromatic N) is 3.